The first-order chi connectivity index (χ1) is 16.5. The van der Waals surface area contributed by atoms with E-state index in [0.717, 1.165) is 0 Å². The Labute approximate surface area is 198 Å². The highest BCUT2D eigenvalue weighted by atomic mass is 16.6. The molecule has 1 saturated heterocycles. The average Bonchev–Trinajstić information content (AvgIpc) is 3.09. The monoisotopic (exact) mass is 467 g/mol. The van der Waals surface area contributed by atoms with E-state index in [1.807, 2.05) is 20.8 Å². The number of carbonyl (C=O) groups is 2. The predicted octanol–water partition coefficient (Wildman–Crippen LogP) is 4.09. The van der Waals surface area contributed by atoms with E-state index < -0.39 is 17.7 Å². The fourth-order valence-corrected chi connectivity index (χ4v) is 4.30. The van der Waals surface area contributed by atoms with Crippen molar-refractivity contribution in [2.75, 3.05) is 33.0 Å². The number of nitrogens with zero attached hydrogens (tertiary/aromatic N) is 1. The molecule has 2 heterocycles. The van der Waals surface area contributed by atoms with Crippen LogP contribution in [0.2, 0.25) is 0 Å². The molecule has 1 atom stereocenters. The Morgan fingerprint density at radius 1 is 1.00 bits per heavy atom. The number of aliphatic hydroxyl groups excluding tert-OH is 1. The molecule has 0 bridgehead atoms. The second-order valence-electron chi connectivity index (χ2n) is 7.92. The first-order valence-corrected chi connectivity index (χ1v) is 11.6. The van der Waals surface area contributed by atoms with Crippen LogP contribution in [0.4, 0.5) is 0 Å². The fraction of sp³-hybridized carbons (Fsp3) is 0.385. The van der Waals surface area contributed by atoms with E-state index in [0.29, 0.717) is 73.5 Å². The molecule has 1 unspecified atom stereocenters. The maximum Gasteiger partial charge on any atom is 0.295 e. The number of fused-ring (bicyclic) bond motifs is 1. The molecule has 0 aliphatic carbocycles. The molecule has 180 valence electrons. The largest absolute Gasteiger partial charge is 0.507 e. The predicted molar refractivity (Wildman–Crippen MR) is 126 cm³/mol. The lowest BCUT2D eigenvalue weighted by molar-refractivity contribution is -0.139. The van der Waals surface area contributed by atoms with Gasteiger partial charge in [0.25, 0.3) is 11.7 Å². The first kappa shape index (κ1) is 23.5. The van der Waals surface area contributed by atoms with Crippen LogP contribution in [0.5, 0.6) is 23.0 Å². The van der Waals surface area contributed by atoms with Crippen molar-refractivity contribution in [2.24, 2.45) is 0 Å². The Kier molecular flexibility index (Phi) is 6.95. The lowest BCUT2D eigenvalue weighted by Gasteiger charge is -2.26. The summed E-state index contributed by atoms with van der Waals surface area (Å²) in [5.74, 6) is 0.429. The van der Waals surface area contributed by atoms with Crippen molar-refractivity contribution in [3.8, 4) is 23.0 Å². The van der Waals surface area contributed by atoms with Crippen molar-refractivity contribution in [2.45, 2.75) is 33.2 Å². The number of hydrogen-bond acceptors (Lipinski definition) is 7. The van der Waals surface area contributed by atoms with Crippen molar-refractivity contribution in [1.82, 2.24) is 4.90 Å². The molecular formula is C26H29NO7. The Morgan fingerprint density at radius 3 is 2.44 bits per heavy atom. The van der Waals surface area contributed by atoms with Gasteiger partial charge in [0.1, 0.15) is 30.5 Å². The van der Waals surface area contributed by atoms with E-state index in [1.54, 1.807) is 36.4 Å². The lowest BCUT2D eigenvalue weighted by Crippen LogP contribution is -2.30. The number of ketones is 1. The van der Waals surface area contributed by atoms with Crippen LogP contribution >= 0.6 is 0 Å². The fourth-order valence-electron chi connectivity index (χ4n) is 4.30. The Hall–Kier alpha value is -3.68. The Morgan fingerprint density at radius 2 is 1.74 bits per heavy atom. The van der Waals surface area contributed by atoms with Crippen molar-refractivity contribution in [3.05, 3.63) is 53.1 Å². The summed E-state index contributed by atoms with van der Waals surface area (Å²) in [6, 6.07) is 9.56. The molecule has 0 saturated carbocycles. The van der Waals surface area contributed by atoms with Gasteiger partial charge in [-0.2, -0.15) is 0 Å². The van der Waals surface area contributed by atoms with Gasteiger partial charge in [-0.05, 0) is 50.1 Å². The van der Waals surface area contributed by atoms with Crippen LogP contribution < -0.4 is 18.9 Å². The molecule has 1 amide bonds. The molecule has 0 spiro atoms. The molecule has 2 aromatic carbocycles. The number of rotatable bonds is 8. The van der Waals surface area contributed by atoms with Crippen LogP contribution in [0.1, 0.15) is 44.4 Å². The number of benzene rings is 2. The molecule has 1 fully saturated rings. The number of hydrogen-bond donors (Lipinski definition) is 1. The number of likely N-dealkylation sites (tertiary alicyclic amines) is 1. The van der Waals surface area contributed by atoms with Gasteiger partial charge in [0.05, 0.1) is 30.4 Å². The quantitative estimate of drug-likeness (QED) is 0.355. The molecule has 2 aliphatic heterocycles. The number of Topliss-reactive ketones (excluding diaryl/α,β-unsaturated/α-hetero) is 1. The molecule has 2 aliphatic rings. The highest BCUT2D eigenvalue weighted by Crippen LogP contribution is 2.44. The summed E-state index contributed by atoms with van der Waals surface area (Å²) in [6.45, 7) is 7.69. The van der Waals surface area contributed by atoms with Crippen molar-refractivity contribution in [1.29, 1.82) is 0 Å². The smallest absolute Gasteiger partial charge is 0.295 e. The summed E-state index contributed by atoms with van der Waals surface area (Å²) >= 11 is 0. The number of amides is 1. The van der Waals surface area contributed by atoms with Crippen molar-refractivity contribution < 1.29 is 33.6 Å². The first-order valence-electron chi connectivity index (χ1n) is 11.6. The number of ether oxygens (including phenoxy) is 4. The molecule has 0 aromatic heterocycles. The van der Waals surface area contributed by atoms with Crippen LogP contribution in [0.25, 0.3) is 5.76 Å². The zero-order valence-electron chi connectivity index (χ0n) is 19.6. The van der Waals surface area contributed by atoms with Gasteiger partial charge < -0.3 is 29.0 Å². The summed E-state index contributed by atoms with van der Waals surface area (Å²) in [6.07, 6.45) is 0.654. The zero-order chi connectivity index (χ0) is 24.2. The van der Waals surface area contributed by atoms with E-state index in [9.17, 15) is 14.7 Å². The Bertz CT molecular complexity index is 1120. The topological polar surface area (TPSA) is 94.5 Å². The lowest BCUT2D eigenvalue weighted by atomic mass is 9.94. The summed E-state index contributed by atoms with van der Waals surface area (Å²) in [5, 5.41) is 11.4. The molecule has 4 rings (SSSR count). The van der Waals surface area contributed by atoms with Crippen molar-refractivity contribution in [3.63, 3.8) is 0 Å². The van der Waals surface area contributed by atoms with E-state index in [4.69, 9.17) is 18.9 Å². The summed E-state index contributed by atoms with van der Waals surface area (Å²) < 4.78 is 22.6. The Balaban J connectivity index is 1.87. The van der Waals surface area contributed by atoms with Crippen LogP contribution in [0, 0.1) is 0 Å². The highest BCUT2D eigenvalue weighted by Gasteiger charge is 2.46. The van der Waals surface area contributed by atoms with Gasteiger partial charge in [0.2, 0.25) is 0 Å². The van der Waals surface area contributed by atoms with Crippen molar-refractivity contribution >= 4 is 17.4 Å². The van der Waals surface area contributed by atoms with E-state index in [-0.39, 0.29) is 11.3 Å². The van der Waals surface area contributed by atoms with Crippen LogP contribution in [0.15, 0.2) is 42.0 Å². The molecule has 1 N–H and O–H groups in total. The van der Waals surface area contributed by atoms with E-state index in [1.165, 1.54) is 4.90 Å². The van der Waals surface area contributed by atoms with Crippen LogP contribution in [-0.2, 0) is 9.59 Å². The average molecular weight is 468 g/mol. The van der Waals surface area contributed by atoms with Crippen LogP contribution in [0.3, 0.4) is 0 Å². The second kappa shape index (κ2) is 10.1. The van der Waals surface area contributed by atoms with E-state index >= 15 is 0 Å². The summed E-state index contributed by atoms with van der Waals surface area (Å²) in [5.41, 5.74) is 0.991. The minimum absolute atomic E-state index is 0.0141. The van der Waals surface area contributed by atoms with E-state index in [2.05, 4.69) is 0 Å². The normalized spacial score (nSPS) is 18.8. The van der Waals surface area contributed by atoms with Gasteiger partial charge in [-0.15, -0.1) is 0 Å². The zero-order valence-corrected chi connectivity index (χ0v) is 19.6. The maximum atomic E-state index is 13.2. The van der Waals surface area contributed by atoms with Gasteiger partial charge in [0, 0.05) is 12.6 Å². The maximum absolute atomic E-state index is 13.2. The molecule has 34 heavy (non-hydrogen) atoms. The molecule has 2 aromatic rings. The van der Waals surface area contributed by atoms with Gasteiger partial charge in [-0.1, -0.05) is 13.0 Å². The SMILES string of the molecule is CCCN1C(=O)C(=O)/C(=C(\O)c2ccc(OCC)cc2OCC)C1c1ccc2c(c1)OCCO2. The van der Waals surface area contributed by atoms with Gasteiger partial charge in [0.15, 0.2) is 11.5 Å². The summed E-state index contributed by atoms with van der Waals surface area (Å²) in [7, 11) is 0. The molecule has 0 radical (unpaired) electrons. The van der Waals surface area contributed by atoms with Gasteiger partial charge in [-0.3, -0.25) is 9.59 Å². The molecular weight excluding hydrogens is 438 g/mol. The third kappa shape index (κ3) is 4.27. The highest BCUT2D eigenvalue weighted by molar-refractivity contribution is 6.46. The standard InChI is InChI=1S/C26H29NO7/c1-4-11-27-23(16-7-10-19-21(14-16)34-13-12-33-19)22(25(29)26(27)30)24(28)18-9-8-17(31-5-2)15-20(18)32-6-3/h7-10,14-15,23,28H,4-6,11-13H2,1-3H3/b24-22-. The summed E-state index contributed by atoms with van der Waals surface area (Å²) in [4.78, 5) is 27.7. The minimum atomic E-state index is -0.767. The number of carbonyl (C=O) groups excluding carboxylic acids is 2. The molecule has 8 nitrogen and oxygen atoms in total. The van der Waals surface area contributed by atoms with Crippen LogP contribution in [-0.4, -0.2) is 54.7 Å². The second-order valence-corrected chi connectivity index (χ2v) is 7.92. The third-order valence-corrected chi connectivity index (χ3v) is 5.71. The third-order valence-electron chi connectivity index (χ3n) is 5.71. The minimum Gasteiger partial charge on any atom is -0.507 e. The van der Waals surface area contributed by atoms with Gasteiger partial charge in [-0.25, -0.2) is 0 Å². The molecule has 8 heteroatoms. The van der Waals surface area contributed by atoms with Gasteiger partial charge >= 0.3 is 0 Å². The number of aliphatic hydroxyl groups is 1.